The van der Waals surface area contributed by atoms with Gasteiger partial charge in [-0.2, -0.15) is 0 Å². The van der Waals surface area contributed by atoms with Gasteiger partial charge in [0.15, 0.2) is 6.10 Å². The zero-order valence-corrected chi connectivity index (χ0v) is 54.6. The first kappa shape index (κ1) is 78.1. The van der Waals surface area contributed by atoms with Crippen LogP contribution in [0.15, 0.2) is 12.2 Å². The van der Waals surface area contributed by atoms with Crippen LogP contribution in [0.2, 0.25) is 0 Å². The Balaban J connectivity index is 4.11. The number of hydrogen-bond acceptors (Lipinski definition) is 6. The molecule has 474 valence electrons. The molecule has 0 aliphatic carbocycles. The van der Waals surface area contributed by atoms with Crippen molar-refractivity contribution in [1.29, 1.82) is 0 Å². The summed E-state index contributed by atoms with van der Waals surface area (Å²) in [6.07, 6.45) is 84.0. The van der Waals surface area contributed by atoms with Gasteiger partial charge in [0.05, 0.1) is 0 Å². The Kier molecular flexibility index (Phi) is 68.0. The molecule has 80 heavy (non-hydrogen) atoms. The highest BCUT2D eigenvalue weighted by atomic mass is 16.6. The third-order valence-electron chi connectivity index (χ3n) is 17.0. The Bertz CT molecular complexity index is 1250. The van der Waals surface area contributed by atoms with Gasteiger partial charge in [-0.25, -0.2) is 0 Å². The zero-order valence-electron chi connectivity index (χ0n) is 54.6. The van der Waals surface area contributed by atoms with Crippen molar-refractivity contribution in [1.82, 2.24) is 0 Å². The summed E-state index contributed by atoms with van der Waals surface area (Å²) in [4.78, 5) is 38.4. The lowest BCUT2D eigenvalue weighted by Crippen LogP contribution is -2.30. The molecule has 0 saturated heterocycles. The smallest absolute Gasteiger partial charge is 0.306 e. The van der Waals surface area contributed by atoms with E-state index >= 15 is 0 Å². The number of rotatable bonds is 69. The molecule has 1 atom stereocenters. The lowest BCUT2D eigenvalue weighted by Gasteiger charge is -2.18. The first-order chi connectivity index (χ1) is 39.5. The molecule has 0 fully saturated rings. The fourth-order valence-corrected chi connectivity index (χ4v) is 11.5. The van der Waals surface area contributed by atoms with Crippen LogP contribution in [0, 0.1) is 0 Å². The number of carbonyl (C=O) groups excluding carboxylic acids is 3. The van der Waals surface area contributed by atoms with Crippen LogP contribution in [0.25, 0.3) is 0 Å². The fraction of sp³-hybridized carbons (Fsp3) is 0.932. The lowest BCUT2D eigenvalue weighted by atomic mass is 10.0. The van der Waals surface area contributed by atoms with Gasteiger partial charge in [-0.05, 0) is 44.9 Å². The maximum Gasteiger partial charge on any atom is 0.306 e. The van der Waals surface area contributed by atoms with Crippen molar-refractivity contribution in [3.63, 3.8) is 0 Å². The maximum atomic E-state index is 12.9. The van der Waals surface area contributed by atoms with Crippen LogP contribution in [0.4, 0.5) is 0 Å². The van der Waals surface area contributed by atoms with Crippen molar-refractivity contribution in [3.05, 3.63) is 12.2 Å². The third-order valence-corrected chi connectivity index (χ3v) is 17.0. The van der Waals surface area contributed by atoms with E-state index in [9.17, 15) is 14.4 Å². The molecule has 0 N–H and O–H groups in total. The Morgan fingerprint density at radius 2 is 0.412 bits per heavy atom. The predicted molar refractivity (Wildman–Crippen MR) is 349 cm³/mol. The summed E-state index contributed by atoms with van der Waals surface area (Å²) in [7, 11) is 0. The highest BCUT2D eigenvalue weighted by molar-refractivity contribution is 5.71. The van der Waals surface area contributed by atoms with Crippen molar-refractivity contribution in [2.24, 2.45) is 0 Å². The number of esters is 3. The lowest BCUT2D eigenvalue weighted by molar-refractivity contribution is -0.167. The maximum absolute atomic E-state index is 12.9. The molecule has 0 aromatic carbocycles. The number of ether oxygens (including phenoxy) is 3. The average Bonchev–Trinajstić information content (AvgIpc) is 3.46. The van der Waals surface area contributed by atoms with Crippen LogP contribution in [0.3, 0.4) is 0 Å². The van der Waals surface area contributed by atoms with Gasteiger partial charge in [0.25, 0.3) is 0 Å². The van der Waals surface area contributed by atoms with E-state index in [2.05, 4.69) is 32.9 Å². The first-order valence-electron chi connectivity index (χ1n) is 36.7. The standard InChI is InChI=1S/C74H142O6/c1-4-7-10-13-16-19-22-25-27-29-31-32-33-34-35-36-37-38-39-40-41-42-43-45-46-49-52-55-58-61-64-67-73(76)79-70-71(69-78-72(75)66-63-60-57-54-51-48-24-21-18-15-12-9-6-3)80-74(77)68-65-62-59-56-53-50-47-44-30-28-26-23-20-17-14-11-8-5-2/h29,31,71H,4-28,30,32-70H2,1-3H3/b31-29-. The SMILES string of the molecule is CCCCCCCCCC/C=C\CCCCCCCCCCCCCCCCCCCCCC(=O)OCC(COC(=O)CCCCCCCCCCCCCCC)OC(=O)CCCCCCCCCCCCCCCCCCCC. The molecule has 0 bridgehead atoms. The molecule has 0 aromatic heterocycles. The van der Waals surface area contributed by atoms with E-state index in [-0.39, 0.29) is 31.1 Å². The Morgan fingerprint density at radius 3 is 0.625 bits per heavy atom. The molecule has 0 aliphatic rings. The molecule has 0 heterocycles. The first-order valence-corrected chi connectivity index (χ1v) is 36.7. The van der Waals surface area contributed by atoms with Crippen LogP contribution < -0.4 is 0 Å². The minimum Gasteiger partial charge on any atom is -0.462 e. The molecule has 0 aliphatic heterocycles. The van der Waals surface area contributed by atoms with E-state index in [0.717, 1.165) is 57.8 Å². The summed E-state index contributed by atoms with van der Waals surface area (Å²) in [6, 6.07) is 0. The highest BCUT2D eigenvalue weighted by Crippen LogP contribution is 2.19. The van der Waals surface area contributed by atoms with Gasteiger partial charge in [0, 0.05) is 19.3 Å². The number of allylic oxidation sites excluding steroid dienone is 2. The predicted octanol–water partition coefficient (Wildman–Crippen LogP) is 25.2. The van der Waals surface area contributed by atoms with E-state index < -0.39 is 6.10 Å². The Labute approximate surface area is 501 Å². The molecular weight excluding hydrogens is 985 g/mol. The van der Waals surface area contributed by atoms with Gasteiger partial charge >= 0.3 is 17.9 Å². The van der Waals surface area contributed by atoms with Crippen LogP contribution in [-0.4, -0.2) is 37.2 Å². The number of unbranched alkanes of at least 4 members (excludes halogenated alkanes) is 56. The van der Waals surface area contributed by atoms with Gasteiger partial charge in [0.2, 0.25) is 0 Å². The quantitative estimate of drug-likeness (QED) is 0.0261. The molecule has 0 aromatic rings. The van der Waals surface area contributed by atoms with Crippen LogP contribution in [0.5, 0.6) is 0 Å². The zero-order chi connectivity index (χ0) is 57.8. The summed E-state index contributed by atoms with van der Waals surface area (Å²) in [5.41, 5.74) is 0. The highest BCUT2D eigenvalue weighted by Gasteiger charge is 2.20. The monoisotopic (exact) mass is 1130 g/mol. The number of carbonyl (C=O) groups is 3. The van der Waals surface area contributed by atoms with Crippen molar-refractivity contribution in [2.75, 3.05) is 13.2 Å². The molecule has 0 saturated carbocycles. The molecule has 0 rings (SSSR count). The Morgan fingerprint density at radius 1 is 0.237 bits per heavy atom. The fourth-order valence-electron chi connectivity index (χ4n) is 11.5. The van der Waals surface area contributed by atoms with E-state index in [1.165, 1.54) is 327 Å². The van der Waals surface area contributed by atoms with Crippen LogP contribution in [0.1, 0.15) is 425 Å². The van der Waals surface area contributed by atoms with Crippen molar-refractivity contribution in [3.8, 4) is 0 Å². The molecule has 0 spiro atoms. The normalized spacial score (nSPS) is 12.0. The summed E-state index contributed by atoms with van der Waals surface area (Å²) in [6.45, 7) is 6.73. The van der Waals surface area contributed by atoms with Gasteiger partial charge in [-0.3, -0.25) is 14.4 Å². The largest absolute Gasteiger partial charge is 0.462 e. The van der Waals surface area contributed by atoms with Gasteiger partial charge in [-0.15, -0.1) is 0 Å². The second-order valence-corrected chi connectivity index (χ2v) is 25.2. The summed E-state index contributed by atoms with van der Waals surface area (Å²) >= 11 is 0. The van der Waals surface area contributed by atoms with Crippen molar-refractivity contribution >= 4 is 17.9 Å². The minimum atomic E-state index is -0.764. The van der Waals surface area contributed by atoms with Gasteiger partial charge in [-0.1, -0.05) is 373 Å². The second-order valence-electron chi connectivity index (χ2n) is 25.2. The van der Waals surface area contributed by atoms with E-state index in [1.807, 2.05) is 0 Å². The van der Waals surface area contributed by atoms with Gasteiger partial charge in [0.1, 0.15) is 13.2 Å². The molecule has 0 amide bonds. The summed E-state index contributed by atoms with van der Waals surface area (Å²) in [5, 5.41) is 0. The summed E-state index contributed by atoms with van der Waals surface area (Å²) < 4.78 is 17.0. The minimum absolute atomic E-state index is 0.0617. The average molecular weight is 1130 g/mol. The van der Waals surface area contributed by atoms with E-state index in [4.69, 9.17) is 14.2 Å². The van der Waals surface area contributed by atoms with Crippen molar-refractivity contribution < 1.29 is 28.6 Å². The van der Waals surface area contributed by atoms with E-state index in [0.29, 0.717) is 19.3 Å². The topological polar surface area (TPSA) is 78.9 Å². The van der Waals surface area contributed by atoms with Crippen LogP contribution in [-0.2, 0) is 28.6 Å². The second kappa shape index (κ2) is 69.6. The molecule has 1 unspecified atom stereocenters. The number of hydrogen-bond donors (Lipinski definition) is 0. The molecule has 6 nitrogen and oxygen atoms in total. The summed E-state index contributed by atoms with van der Waals surface area (Å²) in [5.74, 6) is -0.824. The van der Waals surface area contributed by atoms with Crippen molar-refractivity contribution in [2.45, 2.75) is 431 Å². The third kappa shape index (κ3) is 66.9. The molecular formula is C74H142O6. The Hall–Kier alpha value is -1.85. The van der Waals surface area contributed by atoms with E-state index in [1.54, 1.807) is 0 Å². The van der Waals surface area contributed by atoms with Crippen LogP contribution >= 0.6 is 0 Å². The molecule has 0 radical (unpaired) electrons. The molecule has 6 heteroatoms. The van der Waals surface area contributed by atoms with Gasteiger partial charge < -0.3 is 14.2 Å².